The summed E-state index contributed by atoms with van der Waals surface area (Å²) >= 11 is 0. The van der Waals surface area contributed by atoms with Crippen LogP contribution in [-0.4, -0.2) is 48.6 Å². The number of piperidine rings is 1. The van der Waals surface area contributed by atoms with Gasteiger partial charge in [-0.25, -0.2) is 4.79 Å². The minimum Gasteiger partial charge on any atom is -0.335 e. The van der Waals surface area contributed by atoms with Crippen molar-refractivity contribution in [2.45, 2.75) is 38.3 Å². The van der Waals surface area contributed by atoms with Crippen molar-refractivity contribution in [1.82, 2.24) is 15.5 Å². The molecular formula is C12H23ClN4O2. The molecule has 7 heteroatoms. The Bertz CT molecular complexity index is 336. The number of likely N-dealkylation sites (tertiary alicyclic amines) is 1. The molecule has 6 nitrogen and oxygen atoms in total. The normalized spacial score (nSPS) is 27.3. The highest BCUT2D eigenvalue weighted by molar-refractivity contribution is 5.95. The van der Waals surface area contributed by atoms with Gasteiger partial charge in [0.05, 0.1) is 6.54 Å². The molecule has 110 valence electrons. The molecule has 1 heterocycles. The second kappa shape index (κ2) is 7.07. The number of halogens is 1. The SMILES string of the molecule is CC1CN(CC(=O)NC(=O)NC2CC2)CCC1N.Cl. The van der Waals surface area contributed by atoms with Crippen LogP contribution in [0.3, 0.4) is 0 Å². The van der Waals surface area contributed by atoms with Gasteiger partial charge in [0.15, 0.2) is 0 Å². The third-order valence-corrected chi connectivity index (χ3v) is 3.59. The van der Waals surface area contributed by atoms with Crippen LogP contribution in [0.15, 0.2) is 0 Å². The van der Waals surface area contributed by atoms with Crippen LogP contribution in [0, 0.1) is 5.92 Å². The van der Waals surface area contributed by atoms with Crippen molar-refractivity contribution in [3.63, 3.8) is 0 Å². The van der Waals surface area contributed by atoms with E-state index in [1.165, 1.54) is 0 Å². The zero-order valence-electron chi connectivity index (χ0n) is 11.2. The smallest absolute Gasteiger partial charge is 0.321 e. The van der Waals surface area contributed by atoms with Gasteiger partial charge in [-0.15, -0.1) is 12.4 Å². The Morgan fingerprint density at radius 2 is 2.00 bits per heavy atom. The molecule has 4 N–H and O–H groups in total. The third kappa shape index (κ3) is 5.34. The van der Waals surface area contributed by atoms with Crippen LogP contribution in [-0.2, 0) is 4.79 Å². The fraction of sp³-hybridized carbons (Fsp3) is 0.833. The van der Waals surface area contributed by atoms with Crippen LogP contribution in [0.25, 0.3) is 0 Å². The van der Waals surface area contributed by atoms with E-state index in [-0.39, 0.29) is 43.0 Å². The van der Waals surface area contributed by atoms with Crippen LogP contribution >= 0.6 is 12.4 Å². The third-order valence-electron chi connectivity index (χ3n) is 3.59. The molecule has 1 aliphatic heterocycles. The highest BCUT2D eigenvalue weighted by Crippen LogP contribution is 2.18. The first-order chi connectivity index (χ1) is 8.54. The van der Waals surface area contributed by atoms with Crippen molar-refractivity contribution < 1.29 is 9.59 Å². The number of urea groups is 1. The number of hydrogen-bond donors (Lipinski definition) is 3. The molecular weight excluding hydrogens is 268 g/mol. The lowest BCUT2D eigenvalue weighted by molar-refractivity contribution is -0.121. The van der Waals surface area contributed by atoms with Crippen LogP contribution in [0.5, 0.6) is 0 Å². The lowest BCUT2D eigenvalue weighted by Crippen LogP contribution is -2.50. The topological polar surface area (TPSA) is 87.5 Å². The van der Waals surface area contributed by atoms with Crippen molar-refractivity contribution in [1.29, 1.82) is 0 Å². The lowest BCUT2D eigenvalue weighted by atomic mass is 9.95. The van der Waals surface area contributed by atoms with Gasteiger partial charge in [0.25, 0.3) is 0 Å². The minimum absolute atomic E-state index is 0. The monoisotopic (exact) mass is 290 g/mol. The summed E-state index contributed by atoms with van der Waals surface area (Å²) in [6, 6.07) is 0.123. The number of amides is 3. The molecule has 3 amide bonds. The van der Waals surface area contributed by atoms with Crippen molar-refractivity contribution in [2.24, 2.45) is 11.7 Å². The van der Waals surface area contributed by atoms with E-state index in [9.17, 15) is 9.59 Å². The Hall–Kier alpha value is -0.850. The minimum atomic E-state index is -0.371. The Kier molecular flexibility index (Phi) is 6.03. The van der Waals surface area contributed by atoms with E-state index in [2.05, 4.69) is 17.6 Å². The van der Waals surface area contributed by atoms with Gasteiger partial charge in [-0.05, 0) is 25.2 Å². The van der Waals surface area contributed by atoms with Crippen molar-refractivity contribution in [3.05, 3.63) is 0 Å². The molecule has 0 aromatic rings. The standard InChI is InChI=1S/C12H22N4O2.ClH/c1-8-6-16(5-4-10(8)13)7-11(17)15-12(18)14-9-2-3-9;/h8-10H,2-7,13H2,1H3,(H2,14,15,17,18);1H. The Morgan fingerprint density at radius 3 is 2.58 bits per heavy atom. The molecule has 0 spiro atoms. The molecule has 1 saturated heterocycles. The highest BCUT2D eigenvalue weighted by Gasteiger charge is 2.26. The van der Waals surface area contributed by atoms with E-state index in [0.717, 1.165) is 32.4 Å². The summed E-state index contributed by atoms with van der Waals surface area (Å²) in [5.41, 5.74) is 5.92. The second-order valence-corrected chi connectivity index (χ2v) is 5.46. The van der Waals surface area contributed by atoms with Gasteiger partial charge < -0.3 is 11.1 Å². The fourth-order valence-electron chi connectivity index (χ4n) is 2.21. The predicted molar refractivity (Wildman–Crippen MR) is 75.1 cm³/mol. The lowest BCUT2D eigenvalue weighted by Gasteiger charge is -2.34. The molecule has 0 aromatic carbocycles. The zero-order chi connectivity index (χ0) is 13.1. The summed E-state index contributed by atoms with van der Waals surface area (Å²) in [5, 5.41) is 5.09. The molecule has 0 radical (unpaired) electrons. The van der Waals surface area contributed by atoms with E-state index in [0.29, 0.717) is 5.92 Å². The van der Waals surface area contributed by atoms with Crippen LogP contribution < -0.4 is 16.4 Å². The van der Waals surface area contributed by atoms with E-state index < -0.39 is 0 Å². The van der Waals surface area contributed by atoms with Gasteiger partial charge >= 0.3 is 6.03 Å². The number of rotatable bonds is 3. The number of nitrogens with two attached hydrogens (primary N) is 1. The first-order valence-corrected chi connectivity index (χ1v) is 6.63. The van der Waals surface area contributed by atoms with E-state index in [1.54, 1.807) is 0 Å². The molecule has 19 heavy (non-hydrogen) atoms. The number of carbonyl (C=O) groups is 2. The summed E-state index contributed by atoms with van der Waals surface area (Å²) < 4.78 is 0. The first-order valence-electron chi connectivity index (χ1n) is 6.63. The quantitative estimate of drug-likeness (QED) is 0.686. The maximum atomic E-state index is 11.7. The summed E-state index contributed by atoms with van der Waals surface area (Å²) in [5.74, 6) is 0.155. The molecule has 0 bridgehead atoms. The summed E-state index contributed by atoms with van der Waals surface area (Å²) in [6.07, 6.45) is 2.94. The highest BCUT2D eigenvalue weighted by atomic mass is 35.5. The van der Waals surface area contributed by atoms with E-state index >= 15 is 0 Å². The average molecular weight is 291 g/mol. The Balaban J connectivity index is 0.00000180. The van der Waals surface area contributed by atoms with Crippen LogP contribution in [0.2, 0.25) is 0 Å². The van der Waals surface area contributed by atoms with Crippen molar-refractivity contribution in [2.75, 3.05) is 19.6 Å². The second-order valence-electron chi connectivity index (χ2n) is 5.46. The molecule has 2 fully saturated rings. The van der Waals surface area contributed by atoms with Gasteiger partial charge in [0.1, 0.15) is 0 Å². The molecule has 2 aliphatic rings. The molecule has 1 saturated carbocycles. The van der Waals surface area contributed by atoms with Gasteiger partial charge in [-0.1, -0.05) is 6.92 Å². The first kappa shape index (κ1) is 16.2. The molecule has 2 atom stereocenters. The molecule has 1 aliphatic carbocycles. The van der Waals surface area contributed by atoms with E-state index in [4.69, 9.17) is 5.73 Å². The largest absolute Gasteiger partial charge is 0.335 e. The van der Waals surface area contributed by atoms with Gasteiger partial charge in [0.2, 0.25) is 5.91 Å². The maximum Gasteiger partial charge on any atom is 0.321 e. The number of nitrogens with one attached hydrogen (secondary N) is 2. The van der Waals surface area contributed by atoms with Crippen molar-refractivity contribution in [3.8, 4) is 0 Å². The Morgan fingerprint density at radius 1 is 1.32 bits per heavy atom. The van der Waals surface area contributed by atoms with Gasteiger partial charge in [0, 0.05) is 25.2 Å². The van der Waals surface area contributed by atoms with Crippen molar-refractivity contribution >= 4 is 24.3 Å². The number of imide groups is 1. The number of nitrogens with zero attached hydrogens (tertiary/aromatic N) is 1. The van der Waals surface area contributed by atoms with Crippen LogP contribution in [0.1, 0.15) is 26.2 Å². The molecule has 2 rings (SSSR count). The maximum absolute atomic E-state index is 11.7. The summed E-state index contributed by atoms with van der Waals surface area (Å²) in [4.78, 5) is 25.1. The fourth-order valence-corrected chi connectivity index (χ4v) is 2.21. The van der Waals surface area contributed by atoms with Crippen LogP contribution in [0.4, 0.5) is 4.79 Å². The number of carbonyl (C=O) groups excluding carboxylic acids is 2. The zero-order valence-corrected chi connectivity index (χ0v) is 12.0. The summed E-state index contributed by atoms with van der Waals surface area (Å²) in [6.45, 7) is 4.01. The predicted octanol–water partition coefficient (Wildman–Crippen LogP) is 0.0655. The average Bonchev–Trinajstić information content (AvgIpc) is 3.07. The Labute approximate surface area is 119 Å². The molecule has 0 aromatic heterocycles. The summed E-state index contributed by atoms with van der Waals surface area (Å²) in [7, 11) is 0. The molecule has 2 unspecified atom stereocenters. The van der Waals surface area contributed by atoms with Gasteiger partial charge in [-0.2, -0.15) is 0 Å². The number of hydrogen-bond acceptors (Lipinski definition) is 4. The van der Waals surface area contributed by atoms with E-state index in [1.807, 2.05) is 4.90 Å². The van der Waals surface area contributed by atoms with Gasteiger partial charge in [-0.3, -0.25) is 15.0 Å².